The van der Waals surface area contributed by atoms with Crippen LogP contribution in [0.4, 0.5) is 10.2 Å². The van der Waals surface area contributed by atoms with Crippen LogP contribution >= 0.6 is 0 Å². The van der Waals surface area contributed by atoms with Crippen LogP contribution in [0.2, 0.25) is 0 Å². The molecule has 3 nitrogen and oxygen atoms in total. The highest BCUT2D eigenvalue weighted by Crippen LogP contribution is 2.19. The molecule has 104 valence electrons. The van der Waals surface area contributed by atoms with Crippen LogP contribution in [-0.4, -0.2) is 16.5 Å². The minimum atomic E-state index is -0.292. The summed E-state index contributed by atoms with van der Waals surface area (Å²) in [7, 11) is 0. The van der Waals surface area contributed by atoms with Gasteiger partial charge in [-0.3, -0.25) is 0 Å². The number of anilines is 1. The van der Waals surface area contributed by atoms with Crippen molar-refractivity contribution in [2.24, 2.45) is 0 Å². The minimum Gasteiger partial charge on any atom is -0.366 e. The molecular formula is C17H14FN3. The number of halogens is 1. The van der Waals surface area contributed by atoms with Crippen LogP contribution in [-0.2, 0) is 0 Å². The van der Waals surface area contributed by atoms with Gasteiger partial charge in [-0.1, -0.05) is 42.5 Å². The number of hydrogen-bond acceptors (Lipinski definition) is 3. The van der Waals surface area contributed by atoms with Gasteiger partial charge in [-0.15, -0.1) is 0 Å². The van der Waals surface area contributed by atoms with E-state index in [0.29, 0.717) is 17.7 Å². The largest absolute Gasteiger partial charge is 0.366 e. The Morgan fingerprint density at radius 2 is 1.90 bits per heavy atom. The van der Waals surface area contributed by atoms with Crippen molar-refractivity contribution in [1.82, 2.24) is 9.97 Å². The van der Waals surface area contributed by atoms with Gasteiger partial charge in [0, 0.05) is 11.9 Å². The molecule has 4 heteroatoms. The second-order valence-electron chi connectivity index (χ2n) is 4.58. The Hall–Kier alpha value is -2.75. The zero-order valence-corrected chi connectivity index (χ0v) is 11.3. The smallest absolute Gasteiger partial charge is 0.137 e. The summed E-state index contributed by atoms with van der Waals surface area (Å²) in [6.45, 7) is 0.609. The fourth-order valence-electron chi connectivity index (χ4n) is 2.08. The van der Waals surface area contributed by atoms with E-state index in [4.69, 9.17) is 0 Å². The van der Waals surface area contributed by atoms with Crippen LogP contribution in [0.3, 0.4) is 0 Å². The third-order valence-corrected chi connectivity index (χ3v) is 3.09. The predicted molar refractivity (Wildman–Crippen MR) is 83.5 cm³/mol. The predicted octanol–water partition coefficient (Wildman–Crippen LogP) is 3.89. The molecular weight excluding hydrogens is 265 g/mol. The van der Waals surface area contributed by atoms with Gasteiger partial charge in [0.25, 0.3) is 0 Å². The first-order chi connectivity index (χ1) is 10.3. The second-order valence-corrected chi connectivity index (χ2v) is 4.58. The molecule has 0 aliphatic heterocycles. The Labute approximate surface area is 122 Å². The van der Waals surface area contributed by atoms with Crippen molar-refractivity contribution in [2.45, 2.75) is 0 Å². The summed E-state index contributed by atoms with van der Waals surface area (Å²) < 4.78 is 13.3. The molecule has 0 saturated carbocycles. The minimum absolute atomic E-state index is 0.292. The summed E-state index contributed by atoms with van der Waals surface area (Å²) in [6, 6.07) is 14.5. The fourth-order valence-corrected chi connectivity index (χ4v) is 2.08. The summed E-state index contributed by atoms with van der Waals surface area (Å²) in [4.78, 5) is 8.29. The Bertz CT molecular complexity index is 769. The van der Waals surface area contributed by atoms with Crippen molar-refractivity contribution in [2.75, 3.05) is 11.9 Å². The van der Waals surface area contributed by atoms with Crippen molar-refractivity contribution < 1.29 is 4.39 Å². The van der Waals surface area contributed by atoms with Crippen molar-refractivity contribution in [3.63, 3.8) is 0 Å². The number of fused-ring (bicyclic) bond motifs is 1. The van der Waals surface area contributed by atoms with Gasteiger partial charge in [0.1, 0.15) is 18.0 Å². The molecule has 0 fully saturated rings. The molecule has 0 aliphatic rings. The van der Waals surface area contributed by atoms with Crippen LogP contribution < -0.4 is 5.32 Å². The van der Waals surface area contributed by atoms with Gasteiger partial charge < -0.3 is 5.32 Å². The first-order valence-electron chi connectivity index (χ1n) is 6.69. The molecule has 2 aromatic carbocycles. The van der Waals surface area contributed by atoms with E-state index in [0.717, 1.165) is 11.1 Å². The second kappa shape index (κ2) is 6.13. The van der Waals surface area contributed by atoms with Crippen molar-refractivity contribution in [3.8, 4) is 0 Å². The Morgan fingerprint density at radius 1 is 1.05 bits per heavy atom. The van der Waals surface area contributed by atoms with Crippen molar-refractivity contribution in [1.29, 1.82) is 0 Å². The van der Waals surface area contributed by atoms with Crippen LogP contribution in [0.5, 0.6) is 0 Å². The molecule has 0 spiro atoms. The summed E-state index contributed by atoms with van der Waals surface area (Å²) in [5.74, 6) is 0.345. The molecule has 21 heavy (non-hydrogen) atoms. The highest BCUT2D eigenvalue weighted by atomic mass is 19.1. The summed E-state index contributed by atoms with van der Waals surface area (Å²) in [5, 5.41) is 3.87. The van der Waals surface area contributed by atoms with E-state index in [1.165, 1.54) is 18.5 Å². The molecule has 0 bridgehead atoms. The van der Waals surface area contributed by atoms with Gasteiger partial charge in [-0.2, -0.15) is 0 Å². The van der Waals surface area contributed by atoms with Crippen molar-refractivity contribution in [3.05, 3.63) is 72.3 Å². The van der Waals surface area contributed by atoms with Crippen LogP contribution in [0.1, 0.15) is 5.56 Å². The van der Waals surface area contributed by atoms with Crippen LogP contribution in [0.15, 0.2) is 60.9 Å². The number of nitrogens with zero attached hydrogens (tertiary/aromatic N) is 2. The number of hydrogen-bond donors (Lipinski definition) is 1. The van der Waals surface area contributed by atoms with E-state index < -0.39 is 0 Å². The molecule has 0 radical (unpaired) electrons. The maximum atomic E-state index is 13.3. The SMILES string of the molecule is Fc1ccc2ncnc(NC/C=C/c3ccccc3)c2c1. The standard InChI is InChI=1S/C17H14FN3/c18-14-8-9-16-15(11-14)17(21-12-20-16)19-10-4-7-13-5-2-1-3-6-13/h1-9,11-12H,10H2,(H,19,20,21)/b7-4+. The van der Waals surface area contributed by atoms with Gasteiger partial charge >= 0.3 is 0 Å². The van der Waals surface area contributed by atoms with E-state index in [2.05, 4.69) is 15.3 Å². The third kappa shape index (κ3) is 3.23. The molecule has 3 rings (SSSR count). The van der Waals surface area contributed by atoms with E-state index >= 15 is 0 Å². The van der Waals surface area contributed by atoms with E-state index in [-0.39, 0.29) is 5.82 Å². The lowest BCUT2D eigenvalue weighted by Crippen LogP contribution is -2.02. The number of nitrogens with one attached hydrogen (secondary N) is 1. The lowest BCUT2D eigenvalue weighted by molar-refractivity contribution is 0.629. The van der Waals surface area contributed by atoms with Gasteiger partial charge in [0.15, 0.2) is 0 Å². The van der Waals surface area contributed by atoms with Gasteiger partial charge in [-0.05, 0) is 23.8 Å². The topological polar surface area (TPSA) is 37.8 Å². The quantitative estimate of drug-likeness (QED) is 0.787. The summed E-state index contributed by atoms with van der Waals surface area (Å²) in [5.41, 5.74) is 1.86. The molecule has 0 saturated heterocycles. The van der Waals surface area contributed by atoms with Crippen LogP contribution in [0.25, 0.3) is 17.0 Å². The average Bonchev–Trinajstić information content (AvgIpc) is 2.53. The number of benzene rings is 2. The number of aromatic nitrogens is 2. The molecule has 0 amide bonds. The Kier molecular flexibility index (Phi) is 3.87. The van der Waals surface area contributed by atoms with Crippen molar-refractivity contribution >= 4 is 22.8 Å². The first-order valence-corrected chi connectivity index (χ1v) is 6.69. The van der Waals surface area contributed by atoms with Crippen LogP contribution in [0, 0.1) is 5.82 Å². The summed E-state index contributed by atoms with van der Waals surface area (Å²) >= 11 is 0. The maximum Gasteiger partial charge on any atom is 0.137 e. The maximum absolute atomic E-state index is 13.3. The normalized spacial score (nSPS) is 11.1. The zero-order valence-electron chi connectivity index (χ0n) is 11.3. The molecule has 1 N–H and O–H groups in total. The Balaban J connectivity index is 1.74. The molecule has 1 heterocycles. The lowest BCUT2D eigenvalue weighted by Gasteiger charge is -2.06. The van der Waals surface area contributed by atoms with E-state index in [1.807, 2.05) is 42.5 Å². The zero-order chi connectivity index (χ0) is 14.5. The third-order valence-electron chi connectivity index (χ3n) is 3.09. The highest BCUT2D eigenvalue weighted by Gasteiger charge is 2.03. The van der Waals surface area contributed by atoms with Gasteiger partial charge in [0.05, 0.1) is 5.52 Å². The monoisotopic (exact) mass is 279 g/mol. The molecule has 0 aliphatic carbocycles. The lowest BCUT2D eigenvalue weighted by atomic mass is 10.2. The van der Waals surface area contributed by atoms with E-state index in [1.54, 1.807) is 6.07 Å². The molecule has 1 aromatic heterocycles. The molecule has 0 unspecified atom stereocenters. The average molecular weight is 279 g/mol. The molecule has 0 atom stereocenters. The van der Waals surface area contributed by atoms with Gasteiger partial charge in [0.2, 0.25) is 0 Å². The summed E-state index contributed by atoms with van der Waals surface area (Å²) in [6.07, 6.45) is 5.50. The first kappa shape index (κ1) is 13.2. The van der Waals surface area contributed by atoms with E-state index in [9.17, 15) is 4.39 Å². The van der Waals surface area contributed by atoms with Gasteiger partial charge in [-0.25, -0.2) is 14.4 Å². The number of rotatable bonds is 4. The molecule has 3 aromatic rings. The Morgan fingerprint density at radius 3 is 2.76 bits per heavy atom. The highest BCUT2D eigenvalue weighted by molar-refractivity contribution is 5.88. The fraction of sp³-hybridized carbons (Fsp3) is 0.0588.